The molecule has 0 bridgehead atoms. The Bertz CT molecular complexity index is 1150. The van der Waals surface area contributed by atoms with Crippen molar-refractivity contribution in [2.24, 2.45) is 0 Å². The van der Waals surface area contributed by atoms with E-state index >= 15 is 0 Å². The van der Waals surface area contributed by atoms with E-state index in [-0.39, 0.29) is 19.1 Å². The smallest absolute Gasteiger partial charge is 0.321 e. The number of hydrogen-bond donors (Lipinski definition) is 0. The molecule has 0 saturated carbocycles. The summed E-state index contributed by atoms with van der Waals surface area (Å²) in [5.41, 5.74) is 3.55. The number of amides is 2. The van der Waals surface area contributed by atoms with E-state index in [4.69, 9.17) is 0 Å². The van der Waals surface area contributed by atoms with Crippen LogP contribution in [0, 0.1) is 13.8 Å². The molecule has 0 atom stereocenters. The summed E-state index contributed by atoms with van der Waals surface area (Å²) in [5, 5.41) is 0. The number of hydrogen-bond acceptors (Lipinski definition) is 3. The molecule has 1 aliphatic heterocycles. The number of sulfonamides is 1. The van der Waals surface area contributed by atoms with Gasteiger partial charge in [-0.1, -0.05) is 42.5 Å². The molecule has 1 fully saturated rings. The highest BCUT2D eigenvalue weighted by Gasteiger charge is 2.32. The maximum atomic E-state index is 13.5. The van der Waals surface area contributed by atoms with Crippen molar-refractivity contribution >= 4 is 27.4 Å². The van der Waals surface area contributed by atoms with E-state index in [9.17, 15) is 13.2 Å². The highest BCUT2D eigenvalue weighted by Crippen LogP contribution is 2.27. The van der Waals surface area contributed by atoms with Gasteiger partial charge >= 0.3 is 6.03 Å². The van der Waals surface area contributed by atoms with Gasteiger partial charge in [-0.15, -0.1) is 0 Å². The van der Waals surface area contributed by atoms with Crippen molar-refractivity contribution in [2.75, 3.05) is 31.1 Å². The number of carbonyl (C=O) groups is 1. The number of carbonyl (C=O) groups excluding carboxylic acids is 1. The van der Waals surface area contributed by atoms with E-state index in [1.165, 1.54) is 4.31 Å². The molecule has 1 aliphatic rings. The second-order valence-electron chi connectivity index (χ2n) is 7.93. The van der Waals surface area contributed by atoms with Crippen molar-refractivity contribution in [2.45, 2.75) is 18.7 Å². The second-order valence-corrected chi connectivity index (χ2v) is 9.86. The van der Waals surface area contributed by atoms with Crippen molar-refractivity contribution in [3.63, 3.8) is 0 Å². The third-order valence-corrected chi connectivity index (χ3v) is 7.74. The highest BCUT2D eigenvalue weighted by atomic mass is 32.2. The Morgan fingerprint density at radius 3 is 1.78 bits per heavy atom. The van der Waals surface area contributed by atoms with Gasteiger partial charge in [0.15, 0.2) is 0 Å². The van der Waals surface area contributed by atoms with Crippen molar-refractivity contribution in [1.82, 2.24) is 9.21 Å². The van der Waals surface area contributed by atoms with Gasteiger partial charge in [-0.3, -0.25) is 4.90 Å². The molecule has 3 aromatic rings. The van der Waals surface area contributed by atoms with Crippen LogP contribution < -0.4 is 4.90 Å². The van der Waals surface area contributed by atoms with Crippen LogP contribution in [0.3, 0.4) is 0 Å². The first-order valence-electron chi connectivity index (χ1n) is 10.6. The first-order chi connectivity index (χ1) is 15.4. The van der Waals surface area contributed by atoms with Crippen LogP contribution in [0.5, 0.6) is 0 Å². The Balaban J connectivity index is 1.52. The van der Waals surface area contributed by atoms with Gasteiger partial charge in [0.25, 0.3) is 0 Å². The average molecular weight is 450 g/mol. The van der Waals surface area contributed by atoms with Crippen LogP contribution in [-0.4, -0.2) is 49.8 Å². The summed E-state index contributed by atoms with van der Waals surface area (Å²) < 4.78 is 27.7. The van der Waals surface area contributed by atoms with E-state index < -0.39 is 10.0 Å². The van der Waals surface area contributed by atoms with Gasteiger partial charge in [0.2, 0.25) is 10.0 Å². The van der Waals surface area contributed by atoms with Crippen LogP contribution in [0.4, 0.5) is 16.2 Å². The lowest BCUT2D eigenvalue weighted by Gasteiger charge is -2.37. The van der Waals surface area contributed by atoms with Crippen LogP contribution in [0.2, 0.25) is 0 Å². The summed E-state index contributed by atoms with van der Waals surface area (Å²) in [6, 6.07) is 24.0. The molecule has 3 aromatic carbocycles. The molecule has 0 N–H and O–H groups in total. The number of rotatable bonds is 4. The van der Waals surface area contributed by atoms with Gasteiger partial charge in [-0.05, 0) is 61.4 Å². The average Bonchev–Trinajstić information content (AvgIpc) is 2.82. The van der Waals surface area contributed by atoms with Crippen LogP contribution in [-0.2, 0) is 10.0 Å². The number of benzene rings is 3. The number of para-hydroxylation sites is 2. The number of nitrogens with zero attached hydrogens (tertiary/aromatic N) is 3. The standard InChI is InChI=1S/C25H27N3O3S/c1-20-13-14-24(19-21(20)2)32(30,31)27-17-15-26(16-18-27)25(29)28(22-9-5-3-6-10-22)23-11-7-4-8-12-23/h3-14,19H,15-18H2,1-2H3. The van der Waals surface area contributed by atoms with E-state index in [0.29, 0.717) is 18.0 Å². The van der Waals surface area contributed by atoms with Gasteiger partial charge < -0.3 is 4.90 Å². The van der Waals surface area contributed by atoms with Gasteiger partial charge in [-0.25, -0.2) is 13.2 Å². The maximum absolute atomic E-state index is 13.5. The lowest BCUT2D eigenvalue weighted by atomic mass is 10.1. The van der Waals surface area contributed by atoms with E-state index in [2.05, 4.69) is 0 Å². The Hall–Kier alpha value is -3.16. The van der Waals surface area contributed by atoms with Gasteiger partial charge in [0.05, 0.1) is 16.3 Å². The number of urea groups is 1. The highest BCUT2D eigenvalue weighted by molar-refractivity contribution is 7.89. The summed E-state index contributed by atoms with van der Waals surface area (Å²) in [5.74, 6) is 0. The van der Waals surface area contributed by atoms with E-state index in [0.717, 1.165) is 22.5 Å². The molecular weight excluding hydrogens is 422 g/mol. The summed E-state index contributed by atoms with van der Waals surface area (Å²) in [6.45, 7) is 5.06. The Kier molecular flexibility index (Phi) is 6.30. The topological polar surface area (TPSA) is 60.9 Å². The Morgan fingerprint density at radius 2 is 1.28 bits per heavy atom. The summed E-state index contributed by atoms with van der Waals surface area (Å²) in [7, 11) is -3.59. The summed E-state index contributed by atoms with van der Waals surface area (Å²) in [4.78, 5) is 17.2. The molecule has 166 valence electrons. The molecule has 4 rings (SSSR count). The third kappa shape index (κ3) is 4.40. The zero-order chi connectivity index (χ0) is 22.7. The SMILES string of the molecule is Cc1ccc(S(=O)(=O)N2CCN(C(=O)N(c3ccccc3)c3ccccc3)CC2)cc1C. The normalized spacial score (nSPS) is 14.9. The largest absolute Gasteiger partial charge is 0.329 e. The molecule has 1 heterocycles. The van der Waals surface area contributed by atoms with Crippen molar-refractivity contribution in [3.05, 3.63) is 90.0 Å². The predicted molar refractivity (Wildman–Crippen MR) is 127 cm³/mol. The predicted octanol–water partition coefficient (Wildman–Crippen LogP) is 4.57. The van der Waals surface area contributed by atoms with Crippen LogP contribution in [0.15, 0.2) is 83.8 Å². The van der Waals surface area contributed by atoms with Crippen LogP contribution in [0.1, 0.15) is 11.1 Å². The third-order valence-electron chi connectivity index (χ3n) is 5.85. The molecule has 32 heavy (non-hydrogen) atoms. The van der Waals surface area contributed by atoms with E-state index in [1.807, 2.05) is 80.6 Å². The summed E-state index contributed by atoms with van der Waals surface area (Å²) in [6.07, 6.45) is 0. The maximum Gasteiger partial charge on any atom is 0.329 e. The summed E-state index contributed by atoms with van der Waals surface area (Å²) >= 11 is 0. The van der Waals surface area contributed by atoms with Crippen LogP contribution in [0.25, 0.3) is 0 Å². The van der Waals surface area contributed by atoms with Gasteiger partial charge in [0.1, 0.15) is 0 Å². The molecule has 0 spiro atoms. The minimum Gasteiger partial charge on any atom is -0.321 e. The fraction of sp³-hybridized carbons (Fsp3) is 0.240. The minimum atomic E-state index is -3.59. The molecule has 0 aromatic heterocycles. The molecule has 0 radical (unpaired) electrons. The molecule has 6 nitrogen and oxygen atoms in total. The number of aryl methyl sites for hydroxylation is 2. The quantitative estimate of drug-likeness (QED) is 0.586. The molecular formula is C25H27N3O3S. The fourth-order valence-corrected chi connectivity index (χ4v) is 5.32. The lowest BCUT2D eigenvalue weighted by molar-refractivity contribution is 0.180. The fourth-order valence-electron chi connectivity index (χ4n) is 3.81. The Labute approximate surface area is 189 Å². The van der Waals surface area contributed by atoms with Crippen LogP contribution >= 0.6 is 0 Å². The molecule has 1 saturated heterocycles. The molecule has 0 unspecified atom stereocenters. The van der Waals surface area contributed by atoms with Crippen molar-refractivity contribution in [3.8, 4) is 0 Å². The number of piperazine rings is 1. The zero-order valence-electron chi connectivity index (χ0n) is 18.3. The first-order valence-corrected chi connectivity index (χ1v) is 12.1. The molecule has 2 amide bonds. The minimum absolute atomic E-state index is 0.161. The van der Waals surface area contributed by atoms with Gasteiger partial charge in [0, 0.05) is 26.2 Å². The van der Waals surface area contributed by atoms with Crippen molar-refractivity contribution < 1.29 is 13.2 Å². The Morgan fingerprint density at radius 1 is 0.750 bits per heavy atom. The first kappa shape index (κ1) is 22.0. The van der Waals surface area contributed by atoms with Gasteiger partial charge in [-0.2, -0.15) is 4.31 Å². The van der Waals surface area contributed by atoms with Crippen molar-refractivity contribution in [1.29, 1.82) is 0 Å². The molecule has 7 heteroatoms. The lowest BCUT2D eigenvalue weighted by Crippen LogP contribution is -2.53. The zero-order valence-corrected chi connectivity index (χ0v) is 19.1. The van der Waals surface area contributed by atoms with E-state index in [1.54, 1.807) is 21.9 Å². The molecule has 0 aliphatic carbocycles. The second kappa shape index (κ2) is 9.14. The monoisotopic (exact) mass is 449 g/mol. The number of anilines is 2.